The summed E-state index contributed by atoms with van der Waals surface area (Å²) in [6.45, 7) is 13.2. The van der Waals surface area contributed by atoms with E-state index in [1.54, 1.807) is 0 Å². The third-order valence-electron chi connectivity index (χ3n) is 5.38. The molecular formula is C20H43NO2Si. The summed E-state index contributed by atoms with van der Waals surface area (Å²) in [7, 11) is -1.93. The molecule has 1 unspecified atom stereocenters. The molecule has 0 saturated carbocycles. The molecule has 1 amide bonds. The van der Waals surface area contributed by atoms with Crippen molar-refractivity contribution in [2.45, 2.75) is 123 Å². The molecule has 0 aromatic heterocycles. The van der Waals surface area contributed by atoms with E-state index in [2.05, 4.69) is 40.8 Å². The number of amides is 1. The van der Waals surface area contributed by atoms with Crippen LogP contribution in [0.2, 0.25) is 18.1 Å². The van der Waals surface area contributed by atoms with E-state index in [-0.39, 0.29) is 10.9 Å². The standard InChI is InChI=1S/C20H43NO2Si/c1-7-8-9-10-11-12-13-14-15-16-17-18(19(21)22)23-24(5,6)20(2,3)4/h18H,7-17H2,1-6H3,(H2,21,22). The van der Waals surface area contributed by atoms with Gasteiger partial charge in [-0.05, 0) is 24.6 Å². The first kappa shape index (κ1) is 23.6. The van der Waals surface area contributed by atoms with Crippen molar-refractivity contribution >= 4 is 14.2 Å². The van der Waals surface area contributed by atoms with Crippen molar-refractivity contribution in [3.8, 4) is 0 Å². The summed E-state index contributed by atoms with van der Waals surface area (Å²) in [6, 6.07) is 0. The molecular weight excluding hydrogens is 314 g/mol. The molecule has 3 nitrogen and oxygen atoms in total. The zero-order valence-electron chi connectivity index (χ0n) is 17.2. The second kappa shape index (κ2) is 12.1. The number of primary amides is 1. The number of hydrogen-bond acceptors (Lipinski definition) is 2. The molecule has 0 rings (SSSR count). The van der Waals surface area contributed by atoms with Crippen LogP contribution in [0.4, 0.5) is 0 Å². The third kappa shape index (κ3) is 10.5. The zero-order chi connectivity index (χ0) is 18.6. The maximum Gasteiger partial charge on any atom is 0.245 e. The van der Waals surface area contributed by atoms with Gasteiger partial charge >= 0.3 is 0 Å². The van der Waals surface area contributed by atoms with Gasteiger partial charge in [0.1, 0.15) is 6.10 Å². The molecule has 0 aliphatic heterocycles. The highest BCUT2D eigenvalue weighted by molar-refractivity contribution is 6.74. The van der Waals surface area contributed by atoms with Crippen LogP contribution in [0, 0.1) is 0 Å². The Balaban J connectivity index is 3.90. The molecule has 2 N–H and O–H groups in total. The quantitative estimate of drug-likeness (QED) is 0.298. The fraction of sp³-hybridized carbons (Fsp3) is 0.950. The Bertz CT molecular complexity index is 337. The highest BCUT2D eigenvalue weighted by Gasteiger charge is 2.40. The monoisotopic (exact) mass is 357 g/mol. The molecule has 0 spiro atoms. The molecule has 144 valence electrons. The Morgan fingerprint density at radius 3 is 1.71 bits per heavy atom. The second-order valence-corrected chi connectivity index (χ2v) is 13.5. The molecule has 24 heavy (non-hydrogen) atoms. The lowest BCUT2D eigenvalue weighted by molar-refractivity contribution is -0.125. The van der Waals surface area contributed by atoms with Gasteiger partial charge in [0.2, 0.25) is 5.91 Å². The highest BCUT2D eigenvalue weighted by Crippen LogP contribution is 2.37. The van der Waals surface area contributed by atoms with E-state index < -0.39 is 14.4 Å². The van der Waals surface area contributed by atoms with E-state index in [4.69, 9.17) is 10.2 Å². The second-order valence-electron chi connectivity index (χ2n) is 8.74. The SMILES string of the molecule is CCCCCCCCCCCCC(O[Si](C)(C)C(C)(C)C)C(N)=O. The summed E-state index contributed by atoms with van der Waals surface area (Å²) in [5, 5.41) is 0.110. The van der Waals surface area contributed by atoms with Crippen molar-refractivity contribution in [2.75, 3.05) is 0 Å². The van der Waals surface area contributed by atoms with Crippen LogP contribution in [0.25, 0.3) is 0 Å². The summed E-state index contributed by atoms with van der Waals surface area (Å²) in [4.78, 5) is 11.7. The molecule has 0 fully saturated rings. The van der Waals surface area contributed by atoms with Crippen LogP contribution in [0.15, 0.2) is 0 Å². The molecule has 0 heterocycles. The normalized spacial score (nSPS) is 13.9. The van der Waals surface area contributed by atoms with E-state index in [1.807, 2.05) is 0 Å². The van der Waals surface area contributed by atoms with E-state index in [0.29, 0.717) is 0 Å². The van der Waals surface area contributed by atoms with Crippen LogP contribution < -0.4 is 5.73 Å². The van der Waals surface area contributed by atoms with Gasteiger partial charge in [-0.2, -0.15) is 0 Å². The van der Waals surface area contributed by atoms with Crippen molar-refractivity contribution < 1.29 is 9.22 Å². The van der Waals surface area contributed by atoms with Crippen LogP contribution in [-0.2, 0) is 9.22 Å². The maximum absolute atomic E-state index is 11.7. The van der Waals surface area contributed by atoms with Crippen molar-refractivity contribution in [3.05, 3.63) is 0 Å². The Hall–Kier alpha value is -0.353. The fourth-order valence-corrected chi connectivity index (χ4v) is 3.91. The Morgan fingerprint density at radius 1 is 0.917 bits per heavy atom. The summed E-state index contributed by atoms with van der Waals surface area (Å²) in [5.41, 5.74) is 5.57. The van der Waals surface area contributed by atoms with Gasteiger partial charge < -0.3 is 10.2 Å². The predicted octanol–water partition coefficient (Wildman–Crippen LogP) is 6.17. The predicted molar refractivity (Wildman–Crippen MR) is 108 cm³/mol. The molecule has 0 aliphatic rings. The van der Waals surface area contributed by atoms with Gasteiger partial charge in [-0.15, -0.1) is 0 Å². The molecule has 0 aliphatic carbocycles. The van der Waals surface area contributed by atoms with E-state index in [0.717, 1.165) is 12.8 Å². The third-order valence-corrected chi connectivity index (χ3v) is 9.87. The molecule has 0 radical (unpaired) electrons. The average Bonchev–Trinajstić information content (AvgIpc) is 2.46. The van der Waals surface area contributed by atoms with Crippen molar-refractivity contribution in [2.24, 2.45) is 5.73 Å². The van der Waals surface area contributed by atoms with E-state index >= 15 is 0 Å². The van der Waals surface area contributed by atoms with Crippen molar-refractivity contribution in [1.29, 1.82) is 0 Å². The first-order valence-electron chi connectivity index (χ1n) is 10.1. The zero-order valence-corrected chi connectivity index (χ0v) is 18.2. The Labute approximate surface area is 152 Å². The molecule has 4 heteroatoms. The van der Waals surface area contributed by atoms with Crippen molar-refractivity contribution in [1.82, 2.24) is 0 Å². The summed E-state index contributed by atoms with van der Waals surface area (Å²) >= 11 is 0. The van der Waals surface area contributed by atoms with Gasteiger partial charge in [0, 0.05) is 0 Å². The molecule has 0 aromatic carbocycles. The smallest absolute Gasteiger partial charge is 0.245 e. The van der Waals surface area contributed by atoms with Crippen LogP contribution in [-0.4, -0.2) is 20.3 Å². The van der Waals surface area contributed by atoms with Crippen LogP contribution >= 0.6 is 0 Å². The molecule has 0 saturated heterocycles. The highest BCUT2D eigenvalue weighted by atomic mass is 28.4. The Morgan fingerprint density at radius 2 is 1.33 bits per heavy atom. The Kier molecular flexibility index (Phi) is 11.9. The number of carbonyl (C=O) groups excluding carboxylic acids is 1. The minimum Gasteiger partial charge on any atom is -0.405 e. The van der Waals surface area contributed by atoms with Crippen LogP contribution in [0.1, 0.15) is 98.3 Å². The van der Waals surface area contributed by atoms with E-state index in [9.17, 15) is 4.79 Å². The van der Waals surface area contributed by atoms with Crippen LogP contribution in [0.3, 0.4) is 0 Å². The average molecular weight is 358 g/mol. The topological polar surface area (TPSA) is 52.3 Å². The van der Waals surface area contributed by atoms with Gasteiger partial charge in [-0.1, -0.05) is 91.9 Å². The van der Waals surface area contributed by atoms with E-state index in [1.165, 1.54) is 57.8 Å². The largest absolute Gasteiger partial charge is 0.405 e. The lowest BCUT2D eigenvalue weighted by Crippen LogP contribution is -2.47. The summed E-state index contributed by atoms with van der Waals surface area (Å²) < 4.78 is 6.21. The molecule has 0 aromatic rings. The lowest BCUT2D eigenvalue weighted by Gasteiger charge is -2.38. The lowest BCUT2D eigenvalue weighted by atomic mass is 10.0. The summed E-state index contributed by atoms with van der Waals surface area (Å²) in [6.07, 6.45) is 13.4. The number of nitrogens with two attached hydrogens (primary N) is 1. The fourth-order valence-electron chi connectivity index (χ4n) is 2.61. The number of hydrogen-bond donors (Lipinski definition) is 1. The summed E-state index contributed by atoms with van der Waals surface area (Å²) in [5.74, 6) is -0.296. The molecule has 0 bridgehead atoms. The maximum atomic E-state index is 11.7. The number of carbonyl (C=O) groups is 1. The first-order valence-corrected chi connectivity index (χ1v) is 13.0. The van der Waals surface area contributed by atoms with Crippen LogP contribution in [0.5, 0.6) is 0 Å². The van der Waals surface area contributed by atoms with Gasteiger partial charge in [-0.25, -0.2) is 0 Å². The first-order chi connectivity index (χ1) is 11.1. The number of rotatable bonds is 14. The van der Waals surface area contributed by atoms with Crippen molar-refractivity contribution in [3.63, 3.8) is 0 Å². The van der Waals surface area contributed by atoms with Gasteiger partial charge in [-0.3, -0.25) is 4.79 Å². The minimum atomic E-state index is -1.93. The van der Waals surface area contributed by atoms with Gasteiger partial charge in [0.25, 0.3) is 0 Å². The molecule has 1 atom stereocenters. The minimum absolute atomic E-state index is 0.110. The van der Waals surface area contributed by atoms with Gasteiger partial charge in [0.05, 0.1) is 0 Å². The number of unbranched alkanes of at least 4 members (excludes halogenated alkanes) is 9. The van der Waals surface area contributed by atoms with Gasteiger partial charge in [0.15, 0.2) is 8.32 Å².